The molecule has 1 aliphatic heterocycles. The van der Waals surface area contributed by atoms with Gasteiger partial charge in [-0.1, -0.05) is 29.5 Å². The van der Waals surface area contributed by atoms with Crippen LogP contribution < -0.4 is 9.64 Å². The lowest BCUT2D eigenvalue weighted by atomic mass is 9.95. The maximum Gasteiger partial charge on any atom is 0.301 e. The van der Waals surface area contributed by atoms with Crippen LogP contribution in [0.2, 0.25) is 0 Å². The summed E-state index contributed by atoms with van der Waals surface area (Å²) < 4.78 is 6.09. The van der Waals surface area contributed by atoms with Gasteiger partial charge in [-0.25, -0.2) is 4.98 Å². The van der Waals surface area contributed by atoms with E-state index in [4.69, 9.17) is 4.74 Å². The van der Waals surface area contributed by atoms with Crippen molar-refractivity contribution in [2.45, 2.75) is 19.9 Å². The Hall–Kier alpha value is -4.57. The fourth-order valence-electron chi connectivity index (χ4n) is 4.51. The SMILES string of the molecule is COc1cccc(C(O)=C2C(=O)C(=O)N(c3nc4c(C)cc(C)cc4s3)[C@@H]2c2ccc([N+](=O)[O-])cc2)c1. The second-order valence-corrected chi connectivity index (χ2v) is 9.68. The number of nitro benzene ring substituents is 1. The zero-order valence-corrected chi connectivity index (χ0v) is 20.9. The van der Waals surface area contributed by atoms with Gasteiger partial charge in [0, 0.05) is 17.7 Å². The van der Waals surface area contributed by atoms with E-state index in [9.17, 15) is 24.8 Å². The molecule has 1 amide bonds. The average Bonchev–Trinajstić information content (AvgIpc) is 3.42. The van der Waals surface area contributed by atoms with Crippen molar-refractivity contribution >= 4 is 49.8 Å². The molecule has 0 aliphatic carbocycles. The molecule has 3 aromatic carbocycles. The van der Waals surface area contributed by atoms with Crippen molar-refractivity contribution in [1.82, 2.24) is 4.98 Å². The van der Waals surface area contributed by atoms with Crippen molar-refractivity contribution in [3.63, 3.8) is 0 Å². The lowest BCUT2D eigenvalue weighted by molar-refractivity contribution is -0.384. The number of hydrogen-bond donors (Lipinski definition) is 1. The van der Waals surface area contributed by atoms with Gasteiger partial charge in [0.25, 0.3) is 11.5 Å². The number of carbonyl (C=O) groups excluding carboxylic acids is 2. The Bertz CT molecular complexity index is 1620. The van der Waals surface area contributed by atoms with Gasteiger partial charge in [-0.3, -0.25) is 24.6 Å². The number of fused-ring (bicyclic) bond motifs is 1. The van der Waals surface area contributed by atoms with Crippen LogP contribution in [0, 0.1) is 24.0 Å². The zero-order chi connectivity index (χ0) is 26.4. The van der Waals surface area contributed by atoms with Gasteiger partial charge in [-0.2, -0.15) is 0 Å². The van der Waals surface area contributed by atoms with Crippen LogP contribution in [0.3, 0.4) is 0 Å². The summed E-state index contributed by atoms with van der Waals surface area (Å²) in [4.78, 5) is 43.4. The highest BCUT2D eigenvalue weighted by Crippen LogP contribution is 2.45. The smallest absolute Gasteiger partial charge is 0.301 e. The monoisotopic (exact) mass is 515 g/mol. The number of Topliss-reactive ketones (excluding diaryl/α,β-unsaturated/α-hetero) is 1. The fraction of sp³-hybridized carbons (Fsp3) is 0.148. The summed E-state index contributed by atoms with van der Waals surface area (Å²) in [6.07, 6.45) is 0. The Balaban J connectivity index is 1.74. The van der Waals surface area contributed by atoms with E-state index < -0.39 is 22.7 Å². The van der Waals surface area contributed by atoms with Crippen LogP contribution in [0.1, 0.15) is 28.3 Å². The standard InChI is InChI=1S/C27H21N3O6S/c1-14-11-15(2)22-20(12-14)37-27(28-22)29-23(16-7-9-18(10-8-16)30(34)35)21(25(32)26(29)33)24(31)17-5-4-6-19(13-17)36-3/h4-13,23,31H,1-3H3/t23-/m1/s1. The maximum absolute atomic E-state index is 13.4. The van der Waals surface area contributed by atoms with Crippen LogP contribution in [0.15, 0.2) is 66.2 Å². The van der Waals surface area contributed by atoms with Gasteiger partial charge in [0.1, 0.15) is 11.5 Å². The van der Waals surface area contributed by atoms with Crippen LogP contribution in [-0.2, 0) is 9.59 Å². The molecule has 1 aliphatic rings. The number of ether oxygens (including phenoxy) is 1. The molecule has 37 heavy (non-hydrogen) atoms. The van der Waals surface area contributed by atoms with Gasteiger partial charge in [-0.05, 0) is 60.9 Å². The first-order valence-corrected chi connectivity index (χ1v) is 12.1. The van der Waals surface area contributed by atoms with Crippen molar-refractivity contribution in [1.29, 1.82) is 0 Å². The van der Waals surface area contributed by atoms with Gasteiger partial charge < -0.3 is 9.84 Å². The third kappa shape index (κ3) is 4.11. The van der Waals surface area contributed by atoms with E-state index in [0.29, 0.717) is 27.5 Å². The van der Waals surface area contributed by atoms with Gasteiger partial charge in [0.15, 0.2) is 5.13 Å². The van der Waals surface area contributed by atoms with Crippen molar-refractivity contribution in [2.75, 3.05) is 12.0 Å². The van der Waals surface area contributed by atoms with Crippen molar-refractivity contribution in [3.05, 3.63) is 98.6 Å². The number of rotatable bonds is 5. The summed E-state index contributed by atoms with van der Waals surface area (Å²) in [6, 6.07) is 14.9. The maximum atomic E-state index is 13.4. The number of thiazole rings is 1. The van der Waals surface area contributed by atoms with Crippen molar-refractivity contribution < 1.29 is 24.4 Å². The second-order valence-electron chi connectivity index (χ2n) is 8.67. The number of aromatic nitrogens is 1. The molecule has 1 N–H and O–H groups in total. The number of methoxy groups -OCH3 is 1. The quantitative estimate of drug-likeness (QED) is 0.123. The lowest BCUT2D eigenvalue weighted by Crippen LogP contribution is -2.29. The molecule has 5 rings (SSSR count). The Kier molecular flexibility index (Phi) is 5.96. The van der Waals surface area contributed by atoms with E-state index in [1.165, 1.54) is 47.6 Å². The normalized spacial score (nSPS) is 16.9. The molecule has 2 heterocycles. The number of anilines is 1. The summed E-state index contributed by atoms with van der Waals surface area (Å²) in [7, 11) is 1.48. The lowest BCUT2D eigenvalue weighted by Gasteiger charge is -2.23. The molecular formula is C27H21N3O6S. The van der Waals surface area contributed by atoms with Crippen molar-refractivity contribution in [2.24, 2.45) is 0 Å². The fourth-order valence-corrected chi connectivity index (χ4v) is 5.68. The number of nitrogens with zero attached hydrogens (tertiary/aromatic N) is 3. The highest BCUT2D eigenvalue weighted by atomic mass is 32.1. The summed E-state index contributed by atoms with van der Waals surface area (Å²) in [5.74, 6) is -1.64. The minimum Gasteiger partial charge on any atom is -0.507 e. The number of nitro groups is 1. The van der Waals surface area contributed by atoms with E-state index in [1.807, 2.05) is 26.0 Å². The second kappa shape index (κ2) is 9.14. The highest BCUT2D eigenvalue weighted by Gasteiger charge is 2.48. The first-order valence-electron chi connectivity index (χ1n) is 11.3. The summed E-state index contributed by atoms with van der Waals surface area (Å²) >= 11 is 1.26. The van der Waals surface area contributed by atoms with Gasteiger partial charge in [0.05, 0.1) is 33.9 Å². The molecule has 10 heteroatoms. The molecule has 186 valence electrons. The third-order valence-electron chi connectivity index (χ3n) is 6.23. The van der Waals surface area contributed by atoms with Crippen LogP contribution in [-0.4, -0.2) is 33.8 Å². The molecule has 9 nitrogen and oxygen atoms in total. The number of non-ortho nitro benzene ring substituents is 1. The summed E-state index contributed by atoms with van der Waals surface area (Å²) in [5.41, 5.74) is 3.10. The van der Waals surface area contributed by atoms with Gasteiger partial charge >= 0.3 is 5.91 Å². The first-order chi connectivity index (χ1) is 17.7. The van der Waals surface area contributed by atoms with Crippen molar-refractivity contribution in [3.8, 4) is 5.75 Å². The molecule has 0 unspecified atom stereocenters. The minimum absolute atomic E-state index is 0.139. The zero-order valence-electron chi connectivity index (χ0n) is 20.1. The number of hydrogen-bond acceptors (Lipinski definition) is 8. The number of amides is 1. The number of carbonyl (C=O) groups is 2. The largest absolute Gasteiger partial charge is 0.507 e. The Morgan fingerprint density at radius 3 is 2.51 bits per heavy atom. The average molecular weight is 516 g/mol. The molecule has 1 saturated heterocycles. The minimum atomic E-state index is -1.05. The first kappa shape index (κ1) is 24.1. The predicted octanol–water partition coefficient (Wildman–Crippen LogP) is 5.46. The molecule has 0 saturated carbocycles. The van der Waals surface area contributed by atoms with Crippen LogP contribution in [0.4, 0.5) is 10.8 Å². The van der Waals surface area contributed by atoms with E-state index in [2.05, 4.69) is 4.98 Å². The van der Waals surface area contributed by atoms with Crippen LogP contribution in [0.5, 0.6) is 5.75 Å². The summed E-state index contributed by atoms with van der Waals surface area (Å²) in [5, 5.41) is 22.8. The molecule has 0 radical (unpaired) electrons. The Morgan fingerprint density at radius 1 is 1.11 bits per heavy atom. The molecule has 4 aromatic rings. The van der Waals surface area contributed by atoms with E-state index >= 15 is 0 Å². The molecule has 1 fully saturated rings. The van der Waals surface area contributed by atoms with Crippen LogP contribution in [0.25, 0.3) is 16.0 Å². The van der Waals surface area contributed by atoms with Gasteiger partial charge in [-0.15, -0.1) is 0 Å². The van der Waals surface area contributed by atoms with E-state index in [1.54, 1.807) is 24.3 Å². The number of aryl methyl sites for hydroxylation is 2. The number of aliphatic hydroxyl groups is 1. The third-order valence-corrected chi connectivity index (χ3v) is 7.23. The molecule has 0 bridgehead atoms. The number of benzene rings is 3. The number of aliphatic hydroxyl groups excluding tert-OH is 1. The number of ketones is 1. The van der Waals surface area contributed by atoms with E-state index in [0.717, 1.165) is 15.8 Å². The molecular weight excluding hydrogens is 494 g/mol. The van der Waals surface area contributed by atoms with Gasteiger partial charge in [0.2, 0.25) is 0 Å². The highest BCUT2D eigenvalue weighted by molar-refractivity contribution is 7.22. The molecule has 1 aromatic heterocycles. The summed E-state index contributed by atoms with van der Waals surface area (Å²) in [6.45, 7) is 3.88. The predicted molar refractivity (Wildman–Crippen MR) is 140 cm³/mol. The Labute approximate surface area is 215 Å². The molecule has 0 spiro atoms. The Morgan fingerprint density at radius 2 is 1.84 bits per heavy atom. The molecule has 1 atom stereocenters. The topological polar surface area (TPSA) is 123 Å². The van der Waals surface area contributed by atoms with Crippen LogP contribution >= 0.6 is 11.3 Å². The van der Waals surface area contributed by atoms with E-state index in [-0.39, 0.29) is 17.0 Å².